The molecule has 0 aliphatic rings. The summed E-state index contributed by atoms with van der Waals surface area (Å²) in [5.74, 6) is 1.86. The Balaban J connectivity index is 0.00000261. The van der Waals surface area contributed by atoms with Gasteiger partial charge in [0.25, 0.3) is 0 Å². The maximum atomic E-state index is 4.30. The molecule has 0 fully saturated rings. The number of guanidine groups is 1. The lowest BCUT2D eigenvalue weighted by molar-refractivity contribution is 0.757. The highest BCUT2D eigenvalue weighted by molar-refractivity contribution is 14.0. The number of aromatic nitrogens is 2. The standard InChI is InChI=1S/C20H25N5S.HI/c1-16-22-10-11-25(16)15-18-6-3-5-17(13-18)14-24-20(21-2)23-9-8-19-7-4-12-26-19;/h3-7,10-13H,8-9,14-15H2,1-2H3,(H2,21,23,24);1H. The minimum atomic E-state index is 0. The highest BCUT2D eigenvalue weighted by Crippen LogP contribution is 2.09. The lowest BCUT2D eigenvalue weighted by Crippen LogP contribution is -2.37. The molecule has 0 spiro atoms. The Hall–Kier alpha value is -1.87. The molecule has 2 heterocycles. The van der Waals surface area contributed by atoms with Gasteiger partial charge in [0.15, 0.2) is 5.96 Å². The molecule has 0 aliphatic heterocycles. The highest BCUT2D eigenvalue weighted by Gasteiger charge is 2.02. The second kappa shape index (κ2) is 11.1. The lowest BCUT2D eigenvalue weighted by Gasteiger charge is -2.12. The van der Waals surface area contributed by atoms with Crippen molar-refractivity contribution >= 4 is 41.3 Å². The molecule has 0 unspecified atom stereocenters. The van der Waals surface area contributed by atoms with Crippen molar-refractivity contribution in [2.45, 2.75) is 26.4 Å². The second-order valence-corrected chi connectivity index (χ2v) is 7.14. The van der Waals surface area contributed by atoms with Crippen LogP contribution in [0.5, 0.6) is 0 Å². The molecule has 144 valence electrons. The molecule has 3 rings (SSSR count). The van der Waals surface area contributed by atoms with Crippen molar-refractivity contribution in [1.82, 2.24) is 20.2 Å². The van der Waals surface area contributed by atoms with Gasteiger partial charge in [0, 0.05) is 44.0 Å². The largest absolute Gasteiger partial charge is 0.356 e. The number of hydrogen-bond acceptors (Lipinski definition) is 3. The summed E-state index contributed by atoms with van der Waals surface area (Å²) in [6.45, 7) is 4.49. The van der Waals surface area contributed by atoms with E-state index < -0.39 is 0 Å². The monoisotopic (exact) mass is 495 g/mol. The molecular formula is C20H26IN5S. The third-order valence-electron chi connectivity index (χ3n) is 4.20. The molecule has 1 aromatic carbocycles. The molecule has 7 heteroatoms. The SMILES string of the molecule is CN=C(NCCc1cccs1)NCc1cccc(Cn2ccnc2C)c1.I. The van der Waals surface area contributed by atoms with Gasteiger partial charge in [-0.15, -0.1) is 35.3 Å². The van der Waals surface area contributed by atoms with Crippen LogP contribution in [0.1, 0.15) is 21.8 Å². The summed E-state index contributed by atoms with van der Waals surface area (Å²) in [5.41, 5.74) is 2.51. The first kappa shape index (κ1) is 21.4. The molecule has 27 heavy (non-hydrogen) atoms. The zero-order chi connectivity index (χ0) is 18.2. The van der Waals surface area contributed by atoms with Crippen LogP contribution in [-0.2, 0) is 19.5 Å². The van der Waals surface area contributed by atoms with Crippen LogP contribution in [0.2, 0.25) is 0 Å². The van der Waals surface area contributed by atoms with Crippen LogP contribution in [0.3, 0.4) is 0 Å². The van der Waals surface area contributed by atoms with Crippen molar-refractivity contribution < 1.29 is 0 Å². The number of rotatable bonds is 7. The van der Waals surface area contributed by atoms with E-state index in [2.05, 4.69) is 67.0 Å². The number of imidazole rings is 1. The molecule has 3 aromatic rings. The van der Waals surface area contributed by atoms with Crippen LogP contribution in [-0.4, -0.2) is 29.1 Å². The van der Waals surface area contributed by atoms with Crippen molar-refractivity contribution in [2.75, 3.05) is 13.6 Å². The molecule has 0 saturated carbocycles. The zero-order valence-corrected chi connectivity index (χ0v) is 18.8. The fourth-order valence-electron chi connectivity index (χ4n) is 2.77. The highest BCUT2D eigenvalue weighted by atomic mass is 127. The van der Waals surface area contributed by atoms with Gasteiger partial charge in [0.2, 0.25) is 0 Å². The first-order valence-corrected chi connectivity index (χ1v) is 9.65. The lowest BCUT2D eigenvalue weighted by atomic mass is 10.1. The van der Waals surface area contributed by atoms with E-state index in [0.717, 1.165) is 37.8 Å². The minimum absolute atomic E-state index is 0. The van der Waals surface area contributed by atoms with Crippen molar-refractivity contribution in [3.8, 4) is 0 Å². The van der Waals surface area contributed by atoms with E-state index in [9.17, 15) is 0 Å². The molecule has 2 N–H and O–H groups in total. The van der Waals surface area contributed by atoms with Gasteiger partial charge >= 0.3 is 0 Å². The van der Waals surface area contributed by atoms with Gasteiger partial charge in [-0.05, 0) is 35.9 Å². The quantitative estimate of drug-likeness (QED) is 0.298. The summed E-state index contributed by atoms with van der Waals surface area (Å²) in [4.78, 5) is 9.97. The predicted octanol–water partition coefficient (Wildman–Crippen LogP) is 3.83. The normalized spacial score (nSPS) is 11.1. The number of benzene rings is 1. The third kappa shape index (κ3) is 6.66. The fourth-order valence-corrected chi connectivity index (χ4v) is 3.48. The van der Waals surface area contributed by atoms with E-state index in [0.29, 0.717) is 0 Å². The average molecular weight is 495 g/mol. The van der Waals surface area contributed by atoms with E-state index in [4.69, 9.17) is 0 Å². The van der Waals surface area contributed by atoms with E-state index in [-0.39, 0.29) is 24.0 Å². The van der Waals surface area contributed by atoms with Crippen LogP contribution in [0.25, 0.3) is 0 Å². The molecule has 0 amide bonds. The molecule has 2 aromatic heterocycles. The summed E-state index contributed by atoms with van der Waals surface area (Å²) < 4.78 is 2.15. The summed E-state index contributed by atoms with van der Waals surface area (Å²) in [5, 5.41) is 8.87. The Morgan fingerprint density at radius 2 is 2.04 bits per heavy atom. The molecule has 5 nitrogen and oxygen atoms in total. The Morgan fingerprint density at radius 3 is 2.74 bits per heavy atom. The summed E-state index contributed by atoms with van der Waals surface area (Å²) >= 11 is 1.79. The first-order chi connectivity index (χ1) is 12.7. The fraction of sp³-hybridized carbons (Fsp3) is 0.300. The Kier molecular flexibility index (Phi) is 8.80. The van der Waals surface area contributed by atoms with Gasteiger partial charge < -0.3 is 15.2 Å². The maximum Gasteiger partial charge on any atom is 0.191 e. The minimum Gasteiger partial charge on any atom is -0.356 e. The van der Waals surface area contributed by atoms with E-state index in [1.807, 2.05) is 19.3 Å². The number of nitrogens with one attached hydrogen (secondary N) is 2. The van der Waals surface area contributed by atoms with Crippen molar-refractivity contribution in [1.29, 1.82) is 0 Å². The predicted molar refractivity (Wildman–Crippen MR) is 124 cm³/mol. The molecule has 0 aliphatic carbocycles. The van der Waals surface area contributed by atoms with Crippen LogP contribution < -0.4 is 10.6 Å². The van der Waals surface area contributed by atoms with Gasteiger partial charge in [-0.3, -0.25) is 4.99 Å². The molecule has 0 radical (unpaired) electrons. The average Bonchev–Trinajstić information content (AvgIpc) is 3.31. The van der Waals surface area contributed by atoms with Crippen molar-refractivity contribution in [3.05, 3.63) is 76.0 Å². The van der Waals surface area contributed by atoms with Gasteiger partial charge in [0.1, 0.15) is 5.82 Å². The first-order valence-electron chi connectivity index (χ1n) is 8.77. The van der Waals surface area contributed by atoms with Crippen molar-refractivity contribution in [2.24, 2.45) is 4.99 Å². The molecule has 0 bridgehead atoms. The number of hydrogen-bond donors (Lipinski definition) is 2. The van der Waals surface area contributed by atoms with Crippen LogP contribution in [0.15, 0.2) is 59.2 Å². The van der Waals surface area contributed by atoms with Gasteiger partial charge in [-0.2, -0.15) is 0 Å². The van der Waals surface area contributed by atoms with Gasteiger partial charge in [-0.25, -0.2) is 4.98 Å². The molecule has 0 saturated heterocycles. The number of halogens is 1. The third-order valence-corrected chi connectivity index (χ3v) is 5.13. The summed E-state index contributed by atoms with van der Waals surface area (Å²) in [6, 6.07) is 12.9. The van der Waals surface area contributed by atoms with Crippen LogP contribution >= 0.6 is 35.3 Å². The van der Waals surface area contributed by atoms with Crippen LogP contribution in [0, 0.1) is 6.92 Å². The smallest absolute Gasteiger partial charge is 0.191 e. The van der Waals surface area contributed by atoms with Crippen LogP contribution in [0.4, 0.5) is 0 Å². The van der Waals surface area contributed by atoms with E-state index in [1.54, 1.807) is 18.4 Å². The second-order valence-electron chi connectivity index (χ2n) is 6.10. The summed E-state index contributed by atoms with van der Waals surface area (Å²) in [7, 11) is 1.80. The summed E-state index contributed by atoms with van der Waals surface area (Å²) in [6.07, 6.45) is 4.87. The van der Waals surface area contributed by atoms with E-state index >= 15 is 0 Å². The maximum absolute atomic E-state index is 4.30. The Labute approximate surface area is 182 Å². The number of nitrogens with zero attached hydrogens (tertiary/aromatic N) is 3. The van der Waals surface area contributed by atoms with E-state index in [1.165, 1.54) is 16.0 Å². The topological polar surface area (TPSA) is 54.2 Å². The van der Waals surface area contributed by atoms with Gasteiger partial charge in [-0.1, -0.05) is 30.3 Å². The zero-order valence-electron chi connectivity index (χ0n) is 15.7. The Morgan fingerprint density at radius 1 is 1.19 bits per heavy atom. The van der Waals surface area contributed by atoms with Gasteiger partial charge in [0.05, 0.1) is 0 Å². The number of thiophene rings is 1. The molecular weight excluding hydrogens is 469 g/mol. The Bertz CT molecular complexity index is 842. The number of aryl methyl sites for hydroxylation is 1. The van der Waals surface area contributed by atoms with Crippen molar-refractivity contribution in [3.63, 3.8) is 0 Å². The number of aliphatic imine (C=N–C) groups is 1. The molecule has 0 atom stereocenters.